The summed E-state index contributed by atoms with van der Waals surface area (Å²) in [5.41, 5.74) is 4.12. The number of carbonyl (C=O) groups is 1. The first-order valence-corrected chi connectivity index (χ1v) is 9.06. The maximum atomic E-state index is 12.6. The zero-order chi connectivity index (χ0) is 18.8. The highest BCUT2D eigenvalue weighted by Crippen LogP contribution is 2.23. The second-order valence-electron chi connectivity index (χ2n) is 6.78. The first-order chi connectivity index (χ1) is 13.2. The van der Waals surface area contributed by atoms with Crippen molar-refractivity contribution in [2.45, 2.75) is 13.0 Å². The maximum absolute atomic E-state index is 12.6. The van der Waals surface area contributed by atoms with Gasteiger partial charge in [0.25, 0.3) is 0 Å². The van der Waals surface area contributed by atoms with Gasteiger partial charge in [0.1, 0.15) is 0 Å². The molecule has 2 aromatic heterocycles. The summed E-state index contributed by atoms with van der Waals surface area (Å²) in [7, 11) is 3.71. The summed E-state index contributed by atoms with van der Waals surface area (Å²) in [5, 5.41) is 5.26. The molecule has 27 heavy (non-hydrogen) atoms. The third kappa shape index (κ3) is 3.46. The summed E-state index contributed by atoms with van der Waals surface area (Å²) in [6.45, 7) is 1.41. The number of ether oxygens (including phenoxy) is 1. The van der Waals surface area contributed by atoms with Gasteiger partial charge in [0, 0.05) is 60.6 Å². The van der Waals surface area contributed by atoms with Gasteiger partial charge in [-0.05, 0) is 35.9 Å². The number of para-hydroxylation sites is 1. The minimum atomic E-state index is -0.0140. The van der Waals surface area contributed by atoms with Crippen LogP contribution in [0.5, 0.6) is 0 Å². The van der Waals surface area contributed by atoms with Crippen molar-refractivity contribution in [2.24, 2.45) is 7.05 Å². The molecule has 0 atom stereocenters. The summed E-state index contributed by atoms with van der Waals surface area (Å²) in [4.78, 5) is 12.6. The summed E-state index contributed by atoms with van der Waals surface area (Å²) in [5.74, 6) is -0.0140. The largest absolute Gasteiger partial charge is 0.383 e. The third-order valence-electron chi connectivity index (χ3n) is 4.93. The molecule has 0 aliphatic rings. The van der Waals surface area contributed by atoms with E-state index in [-0.39, 0.29) is 5.91 Å². The van der Waals surface area contributed by atoms with Crippen LogP contribution in [-0.4, -0.2) is 28.8 Å². The van der Waals surface area contributed by atoms with E-state index in [9.17, 15) is 4.79 Å². The van der Waals surface area contributed by atoms with Gasteiger partial charge in [-0.2, -0.15) is 0 Å². The predicted molar refractivity (Wildman–Crippen MR) is 109 cm³/mol. The minimum absolute atomic E-state index is 0.0140. The molecule has 5 nitrogen and oxygen atoms in total. The number of fused-ring (bicyclic) bond motifs is 2. The summed E-state index contributed by atoms with van der Waals surface area (Å²) in [6.07, 6.45) is 4.42. The van der Waals surface area contributed by atoms with Gasteiger partial charge in [-0.25, -0.2) is 0 Å². The molecule has 0 saturated carbocycles. The Balaban J connectivity index is 1.55. The number of amides is 1. The smallest absolute Gasteiger partial charge is 0.228 e. The molecule has 1 amide bonds. The highest BCUT2D eigenvalue weighted by molar-refractivity contribution is 5.97. The van der Waals surface area contributed by atoms with Crippen LogP contribution in [-0.2, 0) is 29.5 Å². The summed E-state index contributed by atoms with van der Waals surface area (Å²) >= 11 is 0. The van der Waals surface area contributed by atoms with Crippen molar-refractivity contribution in [1.82, 2.24) is 9.13 Å². The number of hydrogen-bond acceptors (Lipinski definition) is 2. The molecule has 0 fully saturated rings. The van der Waals surface area contributed by atoms with E-state index in [4.69, 9.17) is 4.74 Å². The molecule has 0 aliphatic heterocycles. The molecule has 1 N–H and O–H groups in total. The number of anilines is 1. The fourth-order valence-corrected chi connectivity index (χ4v) is 3.58. The van der Waals surface area contributed by atoms with Crippen LogP contribution in [0.4, 0.5) is 5.69 Å². The Hall–Kier alpha value is -3.05. The molecule has 138 valence electrons. The van der Waals surface area contributed by atoms with Crippen LogP contribution in [0.25, 0.3) is 21.8 Å². The normalized spacial score (nSPS) is 11.3. The van der Waals surface area contributed by atoms with Crippen LogP contribution >= 0.6 is 0 Å². The van der Waals surface area contributed by atoms with Gasteiger partial charge in [-0.15, -0.1) is 0 Å². The highest BCUT2D eigenvalue weighted by Gasteiger charge is 2.12. The fraction of sp³-hybridized carbons (Fsp3) is 0.227. The third-order valence-corrected chi connectivity index (χ3v) is 4.93. The van der Waals surface area contributed by atoms with Gasteiger partial charge in [0.05, 0.1) is 13.0 Å². The number of benzene rings is 2. The van der Waals surface area contributed by atoms with E-state index in [0.29, 0.717) is 13.0 Å². The number of methoxy groups -OCH3 is 1. The second-order valence-corrected chi connectivity index (χ2v) is 6.78. The van der Waals surface area contributed by atoms with Crippen molar-refractivity contribution < 1.29 is 9.53 Å². The first kappa shape index (κ1) is 17.4. The van der Waals surface area contributed by atoms with Crippen molar-refractivity contribution in [3.8, 4) is 0 Å². The van der Waals surface area contributed by atoms with E-state index in [2.05, 4.69) is 38.8 Å². The SMILES string of the molecule is COCCn1cc(CC(=O)Nc2ccc3c(ccn3C)c2)c2ccccc21. The topological polar surface area (TPSA) is 48.2 Å². The van der Waals surface area contributed by atoms with Crippen LogP contribution in [0.3, 0.4) is 0 Å². The monoisotopic (exact) mass is 361 g/mol. The molecule has 4 rings (SSSR count). The van der Waals surface area contributed by atoms with Crippen LogP contribution < -0.4 is 5.32 Å². The lowest BCUT2D eigenvalue weighted by Gasteiger charge is -2.06. The number of nitrogens with zero attached hydrogens (tertiary/aromatic N) is 2. The predicted octanol–water partition coefficient (Wildman–Crippen LogP) is 3.96. The molecule has 0 aliphatic carbocycles. The second kappa shape index (κ2) is 7.29. The number of hydrogen-bond donors (Lipinski definition) is 1. The number of aryl methyl sites for hydroxylation is 1. The minimum Gasteiger partial charge on any atom is -0.383 e. The Labute approximate surface area is 158 Å². The van der Waals surface area contributed by atoms with Gasteiger partial charge in [-0.1, -0.05) is 18.2 Å². The molecule has 0 saturated heterocycles. The molecule has 2 heterocycles. The molecule has 5 heteroatoms. The lowest BCUT2D eigenvalue weighted by atomic mass is 10.1. The van der Waals surface area contributed by atoms with E-state index in [1.54, 1.807) is 7.11 Å². The van der Waals surface area contributed by atoms with E-state index < -0.39 is 0 Å². The fourth-order valence-electron chi connectivity index (χ4n) is 3.58. The quantitative estimate of drug-likeness (QED) is 0.565. The zero-order valence-corrected chi connectivity index (χ0v) is 15.6. The average Bonchev–Trinajstić information content (AvgIpc) is 3.21. The maximum Gasteiger partial charge on any atom is 0.228 e. The number of rotatable bonds is 6. The Morgan fingerprint density at radius 3 is 2.81 bits per heavy atom. The van der Waals surface area contributed by atoms with Gasteiger partial charge >= 0.3 is 0 Å². The molecule has 4 aromatic rings. The lowest BCUT2D eigenvalue weighted by Crippen LogP contribution is -2.14. The average molecular weight is 361 g/mol. The molecule has 0 unspecified atom stereocenters. The van der Waals surface area contributed by atoms with E-state index in [1.807, 2.05) is 43.6 Å². The molecular weight excluding hydrogens is 338 g/mol. The van der Waals surface area contributed by atoms with Crippen LogP contribution in [0.2, 0.25) is 0 Å². The van der Waals surface area contributed by atoms with E-state index in [1.165, 1.54) is 0 Å². The molecule has 0 spiro atoms. The van der Waals surface area contributed by atoms with Crippen molar-refractivity contribution in [3.63, 3.8) is 0 Å². The van der Waals surface area contributed by atoms with E-state index >= 15 is 0 Å². The Morgan fingerprint density at radius 2 is 1.96 bits per heavy atom. The first-order valence-electron chi connectivity index (χ1n) is 9.06. The zero-order valence-electron chi connectivity index (χ0n) is 15.6. The Bertz CT molecular complexity index is 1110. The van der Waals surface area contributed by atoms with Crippen molar-refractivity contribution in [2.75, 3.05) is 19.0 Å². The standard InChI is InChI=1S/C22H23N3O2/c1-24-10-9-16-13-18(7-8-20(16)24)23-22(26)14-17-15-25(11-12-27-2)21-6-4-3-5-19(17)21/h3-10,13,15H,11-12,14H2,1-2H3,(H,23,26). The summed E-state index contributed by atoms with van der Waals surface area (Å²) < 4.78 is 9.41. The number of carbonyl (C=O) groups excluding carboxylic acids is 1. The molecule has 2 aromatic carbocycles. The van der Waals surface area contributed by atoms with Gasteiger partial charge < -0.3 is 19.2 Å². The van der Waals surface area contributed by atoms with Gasteiger partial charge in [0.15, 0.2) is 0 Å². The van der Waals surface area contributed by atoms with Crippen LogP contribution in [0, 0.1) is 0 Å². The van der Waals surface area contributed by atoms with Gasteiger partial charge in [-0.3, -0.25) is 4.79 Å². The Morgan fingerprint density at radius 1 is 1.11 bits per heavy atom. The molecule has 0 radical (unpaired) electrons. The summed E-state index contributed by atoms with van der Waals surface area (Å²) in [6, 6.07) is 16.2. The van der Waals surface area contributed by atoms with Crippen LogP contribution in [0.1, 0.15) is 5.56 Å². The Kier molecular flexibility index (Phi) is 4.69. The van der Waals surface area contributed by atoms with Crippen molar-refractivity contribution in [1.29, 1.82) is 0 Å². The van der Waals surface area contributed by atoms with Crippen molar-refractivity contribution >= 4 is 33.4 Å². The molecular formula is C22H23N3O2. The van der Waals surface area contributed by atoms with E-state index in [0.717, 1.165) is 39.6 Å². The lowest BCUT2D eigenvalue weighted by molar-refractivity contribution is -0.115. The van der Waals surface area contributed by atoms with Crippen molar-refractivity contribution in [3.05, 3.63) is 66.5 Å². The molecule has 0 bridgehead atoms. The number of nitrogens with one attached hydrogen (secondary N) is 1. The van der Waals surface area contributed by atoms with Gasteiger partial charge in [0.2, 0.25) is 5.91 Å². The van der Waals surface area contributed by atoms with Crippen LogP contribution in [0.15, 0.2) is 60.9 Å². The highest BCUT2D eigenvalue weighted by atomic mass is 16.5. The number of aromatic nitrogens is 2.